The summed E-state index contributed by atoms with van der Waals surface area (Å²) in [4.78, 5) is 72.4. The van der Waals surface area contributed by atoms with Gasteiger partial charge in [-0.15, -0.1) is 6.58 Å². The zero-order valence-corrected chi connectivity index (χ0v) is 33.0. The van der Waals surface area contributed by atoms with Crippen molar-refractivity contribution in [3.8, 4) is 5.88 Å². The average molecular weight is 790 g/mol. The van der Waals surface area contributed by atoms with Gasteiger partial charge in [0.1, 0.15) is 12.2 Å². The van der Waals surface area contributed by atoms with Crippen LogP contribution < -0.4 is 15.0 Å². The summed E-state index contributed by atoms with van der Waals surface area (Å²) in [5.74, 6) is -2.23. The third-order valence-corrected chi connectivity index (χ3v) is 15.6. The number of carbonyl (C=O) groups is 4. The van der Waals surface area contributed by atoms with Gasteiger partial charge in [-0.2, -0.15) is 0 Å². The van der Waals surface area contributed by atoms with Gasteiger partial charge in [0.05, 0.1) is 35.6 Å². The van der Waals surface area contributed by atoms with E-state index in [1.165, 1.54) is 0 Å². The van der Waals surface area contributed by atoms with E-state index in [1.807, 2.05) is 30.3 Å². The van der Waals surface area contributed by atoms with Crippen LogP contribution in [0.15, 0.2) is 47.8 Å². The van der Waals surface area contributed by atoms with Crippen molar-refractivity contribution >= 4 is 44.4 Å². The van der Waals surface area contributed by atoms with Gasteiger partial charge in [0, 0.05) is 30.8 Å². The van der Waals surface area contributed by atoms with Crippen LogP contribution in [0.4, 0.5) is 0 Å². The maximum absolute atomic E-state index is 14.9. The number of ether oxygens (including phenoxy) is 2. The summed E-state index contributed by atoms with van der Waals surface area (Å²) in [5.41, 5.74) is -1.44. The normalized spacial score (nSPS) is 31.8. The van der Waals surface area contributed by atoms with Crippen LogP contribution in [0.25, 0.3) is 10.8 Å². The summed E-state index contributed by atoms with van der Waals surface area (Å²) >= 11 is 0. The first kappa shape index (κ1) is 38.9. The summed E-state index contributed by atoms with van der Waals surface area (Å²) in [6.45, 7) is 4.35. The number of pyridine rings is 1. The highest BCUT2D eigenvalue weighted by molar-refractivity contribution is 7.90. The molecule has 12 nitrogen and oxygen atoms in total. The van der Waals surface area contributed by atoms with Crippen LogP contribution >= 0.6 is 0 Å². The van der Waals surface area contributed by atoms with E-state index in [0.717, 1.165) is 76.0 Å². The second-order valence-corrected chi connectivity index (χ2v) is 19.4. The zero-order chi connectivity index (χ0) is 39.2. The van der Waals surface area contributed by atoms with Crippen molar-refractivity contribution in [3.05, 3.63) is 53.3 Å². The van der Waals surface area contributed by atoms with Gasteiger partial charge in [0.15, 0.2) is 11.7 Å². The Labute approximate surface area is 328 Å². The van der Waals surface area contributed by atoms with Crippen molar-refractivity contribution < 1.29 is 37.1 Å². The number of ketones is 1. The Hall–Kier alpha value is -4.00. The van der Waals surface area contributed by atoms with Crippen LogP contribution in [0.3, 0.4) is 0 Å². The number of hydrogen-bond acceptors (Lipinski definition) is 9. The molecular weight excluding hydrogens is 735 g/mol. The largest absolute Gasteiger partial charge is 0.473 e. The molecule has 7 atom stereocenters. The average Bonchev–Trinajstić information content (AvgIpc) is 3.96. The molecule has 0 spiro atoms. The Kier molecular flexibility index (Phi) is 10.9. The van der Waals surface area contributed by atoms with Gasteiger partial charge < -0.3 is 14.4 Å². The molecule has 4 saturated carbocycles. The zero-order valence-electron chi connectivity index (χ0n) is 32.2. The number of sulfonamides is 1. The van der Waals surface area contributed by atoms with Crippen molar-refractivity contribution in [3.63, 3.8) is 0 Å². The predicted molar refractivity (Wildman–Crippen MR) is 209 cm³/mol. The molecule has 0 unspecified atom stereocenters. The molecule has 2 bridgehead atoms. The molecule has 1 aromatic heterocycles. The van der Waals surface area contributed by atoms with E-state index in [2.05, 4.69) is 11.3 Å². The third-order valence-electron chi connectivity index (χ3n) is 13.7. The number of allylic oxidation sites excluding steroid dienone is 1. The molecule has 5 fully saturated rings. The number of esters is 1. The van der Waals surface area contributed by atoms with Gasteiger partial charge in [0.2, 0.25) is 21.8 Å². The maximum atomic E-state index is 14.9. The first-order chi connectivity index (χ1) is 27.0. The van der Waals surface area contributed by atoms with Gasteiger partial charge in [0.25, 0.3) is 5.56 Å². The standard InChI is InChI=1S/C43H55N3O9S/c1-2-30-24-43(30,42(51)44-56(52,53)32-18-19-32)25-36(47)35-22-31-26-46(35)41(50)34(27-11-5-6-12-27)23-39(48)55-37-17-10-15-28(37)13-4-3-9-20-45-38(54-31)21-29-14-7-8-16-33(29)40(45)49/h2,7-8,14,16,21,27-28,30-32,34-35,37H,1,3-6,9-13,15,17-20,22-26H2,(H,44,51)/t28-,30+,31-,34+,35+,37-,43-/m1/s1. The van der Waals surface area contributed by atoms with Crippen LogP contribution in [0.2, 0.25) is 0 Å². The van der Waals surface area contributed by atoms with E-state index in [0.29, 0.717) is 30.7 Å². The SMILES string of the molecule is C=C[C@H]1C[C@]1(CC(=O)[C@@H]1C[C@@H]2CN1C(=O)[C@H](C1CCCC1)CC(=O)O[C@@H]1CCC[C@H]1CCCCCn1c(cc3ccccc3c1=O)O2)C(=O)NS(=O)(=O)C1CC1. The second-order valence-electron chi connectivity index (χ2n) is 17.5. The fourth-order valence-corrected chi connectivity index (χ4v) is 11.6. The lowest BCUT2D eigenvalue weighted by Gasteiger charge is -2.31. The van der Waals surface area contributed by atoms with Crippen LogP contribution in [0.1, 0.15) is 109 Å². The molecule has 6 aliphatic rings. The minimum absolute atomic E-state index is 0.0419. The van der Waals surface area contributed by atoms with Gasteiger partial charge in [-0.1, -0.05) is 50.0 Å². The van der Waals surface area contributed by atoms with Crippen LogP contribution in [0, 0.1) is 29.1 Å². The molecule has 1 aromatic carbocycles. The highest BCUT2D eigenvalue weighted by Crippen LogP contribution is 2.57. The second kappa shape index (κ2) is 15.7. The van der Waals surface area contributed by atoms with Crippen LogP contribution in [0.5, 0.6) is 5.88 Å². The lowest BCUT2D eigenvalue weighted by Crippen LogP contribution is -2.47. The lowest BCUT2D eigenvalue weighted by atomic mass is 9.86. The molecule has 2 aromatic rings. The molecule has 2 aliphatic heterocycles. The Morgan fingerprint density at radius 3 is 2.39 bits per heavy atom. The van der Waals surface area contributed by atoms with Gasteiger partial charge in [-0.3, -0.25) is 33.3 Å². The Balaban J connectivity index is 1.13. The minimum Gasteiger partial charge on any atom is -0.473 e. The number of benzene rings is 1. The fraction of sp³-hybridized carbons (Fsp3) is 0.651. The van der Waals surface area contributed by atoms with Gasteiger partial charge in [-0.25, -0.2) is 8.42 Å². The predicted octanol–water partition coefficient (Wildman–Crippen LogP) is 5.59. The smallest absolute Gasteiger partial charge is 0.306 e. The molecule has 13 heteroatoms. The summed E-state index contributed by atoms with van der Waals surface area (Å²) in [5, 5.41) is 0.710. The first-order valence-electron chi connectivity index (χ1n) is 21.0. The molecule has 1 N–H and O–H groups in total. The van der Waals surface area contributed by atoms with Gasteiger partial charge in [-0.05, 0) is 93.4 Å². The minimum atomic E-state index is -3.86. The maximum Gasteiger partial charge on any atom is 0.306 e. The number of hydrogen-bond donors (Lipinski definition) is 1. The van der Waals surface area contributed by atoms with Crippen LogP contribution in [-0.4, -0.2) is 71.5 Å². The molecule has 1 saturated heterocycles. The number of fused-ring (bicyclic) bond motifs is 5. The molecule has 8 rings (SSSR count). The molecule has 4 aliphatic carbocycles. The molecular formula is C43H55N3O9S. The number of aromatic nitrogens is 1. The summed E-state index contributed by atoms with van der Waals surface area (Å²) < 4.78 is 42.4. The van der Waals surface area contributed by atoms with Crippen molar-refractivity contribution in [1.82, 2.24) is 14.2 Å². The number of nitrogens with one attached hydrogen (secondary N) is 1. The highest BCUT2D eigenvalue weighted by Gasteiger charge is 2.61. The molecule has 3 heterocycles. The Morgan fingerprint density at radius 1 is 0.911 bits per heavy atom. The van der Waals surface area contributed by atoms with E-state index in [1.54, 1.807) is 15.5 Å². The number of carbonyl (C=O) groups excluding carboxylic acids is 4. The Bertz CT molecular complexity index is 2050. The van der Waals surface area contributed by atoms with E-state index >= 15 is 0 Å². The summed E-state index contributed by atoms with van der Waals surface area (Å²) in [7, 11) is -3.86. The van der Waals surface area contributed by atoms with E-state index < -0.39 is 50.6 Å². The lowest BCUT2D eigenvalue weighted by molar-refractivity contribution is -0.156. The topological polar surface area (TPSA) is 158 Å². The number of rotatable bonds is 8. The molecule has 302 valence electrons. The molecule has 0 radical (unpaired) electrons. The molecule has 2 amide bonds. The summed E-state index contributed by atoms with van der Waals surface area (Å²) in [6.07, 6.45) is 11.6. The van der Waals surface area contributed by atoms with Crippen molar-refractivity contribution in [2.45, 2.75) is 139 Å². The van der Waals surface area contributed by atoms with Crippen molar-refractivity contribution in [2.24, 2.45) is 29.1 Å². The fourth-order valence-electron chi connectivity index (χ4n) is 10.3. The van der Waals surface area contributed by atoms with Crippen LogP contribution in [-0.2, 0) is 40.5 Å². The Morgan fingerprint density at radius 2 is 1.64 bits per heavy atom. The van der Waals surface area contributed by atoms with E-state index in [9.17, 15) is 32.4 Å². The number of nitrogens with zero attached hydrogens (tertiary/aromatic N) is 2. The van der Waals surface area contributed by atoms with Crippen molar-refractivity contribution in [2.75, 3.05) is 6.54 Å². The van der Waals surface area contributed by atoms with Gasteiger partial charge >= 0.3 is 5.97 Å². The van der Waals surface area contributed by atoms with Crippen molar-refractivity contribution in [1.29, 1.82) is 0 Å². The molecule has 56 heavy (non-hydrogen) atoms. The number of amides is 2. The monoisotopic (exact) mass is 789 g/mol. The highest BCUT2D eigenvalue weighted by atomic mass is 32.2. The van der Waals surface area contributed by atoms with E-state index in [-0.39, 0.29) is 73.4 Å². The van der Waals surface area contributed by atoms with E-state index in [4.69, 9.17) is 9.47 Å². The first-order valence-corrected chi connectivity index (χ1v) is 22.5. The summed E-state index contributed by atoms with van der Waals surface area (Å²) in [6, 6.07) is 8.26. The number of Topliss-reactive ketones (excluding diaryl/α,β-unsaturated/α-hetero) is 1. The third kappa shape index (κ3) is 7.81. The quantitative estimate of drug-likeness (QED) is 0.266.